The minimum absolute atomic E-state index is 0.0345. The number of fused-ring (bicyclic) bond motifs is 1. The van der Waals surface area contributed by atoms with Crippen LogP contribution < -0.4 is 5.73 Å². The van der Waals surface area contributed by atoms with Gasteiger partial charge in [-0.05, 0) is 26.2 Å². The van der Waals surface area contributed by atoms with Gasteiger partial charge < -0.3 is 15.4 Å². The number of carbonyl (C=O) groups excluding carboxylic acids is 1. The van der Waals surface area contributed by atoms with Crippen molar-refractivity contribution in [1.29, 1.82) is 0 Å². The molecule has 2 aliphatic rings. The Bertz CT molecular complexity index is 253. The number of hydrogen-bond acceptors (Lipinski definition) is 3. The molecule has 4 nitrogen and oxygen atoms in total. The number of carbonyl (C=O) groups is 1. The number of hydrogen-bond donors (Lipinski definition) is 1. The van der Waals surface area contributed by atoms with Crippen LogP contribution in [0.3, 0.4) is 0 Å². The van der Waals surface area contributed by atoms with Crippen molar-refractivity contribution >= 4 is 5.91 Å². The standard InChI is InChI=1S/C12H22N2O2/c1-9(13)7-12(15)14-5-2-3-10-8-16-6-4-11(10)14/h9-11H,2-8,13H2,1H3. The van der Waals surface area contributed by atoms with Gasteiger partial charge in [-0.25, -0.2) is 0 Å². The second-order valence-electron chi connectivity index (χ2n) is 5.10. The fourth-order valence-corrected chi connectivity index (χ4v) is 2.86. The Labute approximate surface area is 97.1 Å². The zero-order valence-corrected chi connectivity index (χ0v) is 10.0. The Kier molecular flexibility index (Phi) is 3.82. The van der Waals surface area contributed by atoms with Gasteiger partial charge in [0.25, 0.3) is 0 Å². The lowest BCUT2D eigenvalue weighted by atomic mass is 9.86. The zero-order chi connectivity index (χ0) is 11.5. The third kappa shape index (κ3) is 2.55. The van der Waals surface area contributed by atoms with Gasteiger partial charge in [0, 0.05) is 37.6 Å². The van der Waals surface area contributed by atoms with Crippen LogP contribution in [-0.2, 0) is 9.53 Å². The smallest absolute Gasteiger partial charge is 0.224 e. The largest absolute Gasteiger partial charge is 0.381 e. The summed E-state index contributed by atoms with van der Waals surface area (Å²) in [6.07, 6.45) is 3.78. The van der Waals surface area contributed by atoms with Crippen molar-refractivity contribution in [2.24, 2.45) is 11.7 Å². The van der Waals surface area contributed by atoms with E-state index < -0.39 is 0 Å². The number of nitrogens with zero attached hydrogens (tertiary/aromatic N) is 1. The molecule has 1 amide bonds. The van der Waals surface area contributed by atoms with Crippen molar-refractivity contribution in [1.82, 2.24) is 4.90 Å². The van der Waals surface area contributed by atoms with Crippen LogP contribution in [0.4, 0.5) is 0 Å². The van der Waals surface area contributed by atoms with Crippen LogP contribution in [0, 0.1) is 5.92 Å². The average Bonchev–Trinajstić information content (AvgIpc) is 2.27. The molecule has 2 heterocycles. The third-order valence-corrected chi connectivity index (χ3v) is 3.63. The number of amides is 1. The van der Waals surface area contributed by atoms with E-state index in [2.05, 4.69) is 4.90 Å². The first-order chi connectivity index (χ1) is 7.68. The molecule has 0 radical (unpaired) electrons. The van der Waals surface area contributed by atoms with E-state index in [9.17, 15) is 4.79 Å². The molecule has 16 heavy (non-hydrogen) atoms. The van der Waals surface area contributed by atoms with Crippen LogP contribution in [0.5, 0.6) is 0 Å². The van der Waals surface area contributed by atoms with Gasteiger partial charge in [0.1, 0.15) is 0 Å². The van der Waals surface area contributed by atoms with Crippen molar-refractivity contribution < 1.29 is 9.53 Å². The third-order valence-electron chi connectivity index (χ3n) is 3.63. The van der Waals surface area contributed by atoms with E-state index in [1.165, 1.54) is 6.42 Å². The van der Waals surface area contributed by atoms with E-state index >= 15 is 0 Å². The Balaban J connectivity index is 1.99. The summed E-state index contributed by atoms with van der Waals surface area (Å²) in [5, 5.41) is 0. The molecule has 2 aliphatic heterocycles. The number of ether oxygens (including phenoxy) is 1. The van der Waals surface area contributed by atoms with Crippen LogP contribution in [0.25, 0.3) is 0 Å². The molecule has 0 aromatic rings. The van der Waals surface area contributed by atoms with E-state index in [0.717, 1.165) is 32.6 Å². The summed E-state index contributed by atoms with van der Waals surface area (Å²) < 4.78 is 5.49. The van der Waals surface area contributed by atoms with E-state index in [0.29, 0.717) is 18.4 Å². The summed E-state index contributed by atoms with van der Waals surface area (Å²) >= 11 is 0. The van der Waals surface area contributed by atoms with Crippen molar-refractivity contribution in [3.05, 3.63) is 0 Å². The molecule has 0 saturated carbocycles. The maximum absolute atomic E-state index is 12.1. The fourth-order valence-electron chi connectivity index (χ4n) is 2.86. The molecule has 0 bridgehead atoms. The second kappa shape index (κ2) is 5.15. The van der Waals surface area contributed by atoms with Gasteiger partial charge in [-0.3, -0.25) is 4.79 Å². The van der Waals surface area contributed by atoms with Crippen LogP contribution in [0.2, 0.25) is 0 Å². The van der Waals surface area contributed by atoms with Crippen LogP contribution in [-0.4, -0.2) is 42.6 Å². The van der Waals surface area contributed by atoms with E-state index in [4.69, 9.17) is 10.5 Å². The van der Waals surface area contributed by atoms with Crippen molar-refractivity contribution in [3.8, 4) is 0 Å². The molecule has 2 N–H and O–H groups in total. The SMILES string of the molecule is CC(N)CC(=O)N1CCCC2COCCC21. The van der Waals surface area contributed by atoms with Gasteiger partial charge in [-0.2, -0.15) is 0 Å². The maximum Gasteiger partial charge on any atom is 0.224 e. The average molecular weight is 226 g/mol. The molecular weight excluding hydrogens is 204 g/mol. The lowest BCUT2D eigenvalue weighted by Gasteiger charge is -2.44. The van der Waals surface area contributed by atoms with Gasteiger partial charge >= 0.3 is 0 Å². The van der Waals surface area contributed by atoms with Crippen molar-refractivity contribution in [3.63, 3.8) is 0 Å². The van der Waals surface area contributed by atoms with Gasteiger partial charge in [0.2, 0.25) is 5.91 Å². The van der Waals surface area contributed by atoms with Crippen LogP contribution in [0.15, 0.2) is 0 Å². The first-order valence-corrected chi connectivity index (χ1v) is 6.31. The van der Waals surface area contributed by atoms with Gasteiger partial charge in [-0.1, -0.05) is 0 Å². The summed E-state index contributed by atoms with van der Waals surface area (Å²) in [5.41, 5.74) is 5.70. The quantitative estimate of drug-likeness (QED) is 0.756. The Morgan fingerprint density at radius 2 is 2.38 bits per heavy atom. The molecule has 0 aliphatic carbocycles. The zero-order valence-electron chi connectivity index (χ0n) is 10.0. The molecule has 0 aromatic heterocycles. The van der Waals surface area contributed by atoms with Crippen molar-refractivity contribution in [2.75, 3.05) is 19.8 Å². The van der Waals surface area contributed by atoms with E-state index in [1.807, 2.05) is 6.92 Å². The Hall–Kier alpha value is -0.610. The van der Waals surface area contributed by atoms with Crippen LogP contribution in [0.1, 0.15) is 32.6 Å². The number of rotatable bonds is 2. The number of piperidine rings is 1. The second-order valence-corrected chi connectivity index (χ2v) is 5.10. The molecule has 2 saturated heterocycles. The minimum atomic E-state index is -0.0345. The molecule has 0 spiro atoms. The molecule has 2 rings (SSSR count). The number of nitrogens with two attached hydrogens (primary N) is 1. The van der Waals surface area contributed by atoms with E-state index in [1.54, 1.807) is 0 Å². The molecule has 2 fully saturated rings. The first-order valence-electron chi connectivity index (χ1n) is 6.31. The van der Waals surface area contributed by atoms with Gasteiger partial charge in [-0.15, -0.1) is 0 Å². The van der Waals surface area contributed by atoms with Crippen molar-refractivity contribution in [2.45, 2.75) is 44.7 Å². The molecule has 3 unspecified atom stereocenters. The monoisotopic (exact) mass is 226 g/mol. The maximum atomic E-state index is 12.1. The summed E-state index contributed by atoms with van der Waals surface area (Å²) in [6.45, 7) is 4.42. The minimum Gasteiger partial charge on any atom is -0.381 e. The molecular formula is C12H22N2O2. The van der Waals surface area contributed by atoms with Crippen LogP contribution >= 0.6 is 0 Å². The highest BCUT2D eigenvalue weighted by molar-refractivity contribution is 5.77. The highest BCUT2D eigenvalue weighted by Gasteiger charge is 2.36. The summed E-state index contributed by atoms with van der Waals surface area (Å²) in [5.74, 6) is 0.783. The highest BCUT2D eigenvalue weighted by Crippen LogP contribution is 2.29. The summed E-state index contributed by atoms with van der Waals surface area (Å²) in [6, 6.07) is 0.376. The molecule has 92 valence electrons. The predicted molar refractivity (Wildman–Crippen MR) is 61.9 cm³/mol. The lowest BCUT2D eigenvalue weighted by Crippen LogP contribution is -2.52. The summed E-state index contributed by atoms with van der Waals surface area (Å²) in [7, 11) is 0. The van der Waals surface area contributed by atoms with Gasteiger partial charge in [0.15, 0.2) is 0 Å². The number of likely N-dealkylation sites (tertiary alicyclic amines) is 1. The van der Waals surface area contributed by atoms with E-state index in [-0.39, 0.29) is 11.9 Å². The highest BCUT2D eigenvalue weighted by atomic mass is 16.5. The topological polar surface area (TPSA) is 55.6 Å². The van der Waals surface area contributed by atoms with Gasteiger partial charge in [0.05, 0.1) is 6.61 Å². The first kappa shape index (κ1) is 11.9. The summed E-state index contributed by atoms with van der Waals surface area (Å²) in [4.78, 5) is 14.1. The molecule has 3 atom stereocenters. The normalized spacial score (nSPS) is 32.0. The fraction of sp³-hybridized carbons (Fsp3) is 0.917. The Morgan fingerprint density at radius 1 is 1.56 bits per heavy atom. The predicted octanol–water partition coefficient (Wildman–Crippen LogP) is 0.751. The lowest BCUT2D eigenvalue weighted by molar-refractivity contribution is -0.141. The molecule has 4 heteroatoms. The molecule has 0 aromatic carbocycles. The Morgan fingerprint density at radius 3 is 3.12 bits per heavy atom.